The lowest BCUT2D eigenvalue weighted by Crippen LogP contribution is -2.25. The number of hydrogen-bond donors (Lipinski definition) is 2. The molecule has 0 aliphatic carbocycles. The molecule has 0 unspecified atom stereocenters. The van der Waals surface area contributed by atoms with Crippen molar-refractivity contribution < 1.29 is 19.0 Å². The second-order valence-electron chi connectivity index (χ2n) is 6.81. The van der Waals surface area contributed by atoms with Crippen LogP contribution in [-0.4, -0.2) is 41.7 Å². The van der Waals surface area contributed by atoms with Gasteiger partial charge in [0.05, 0.1) is 36.4 Å². The first-order valence-corrected chi connectivity index (χ1v) is 9.81. The Morgan fingerprint density at radius 1 is 1.26 bits per heavy atom. The third-order valence-electron chi connectivity index (χ3n) is 4.67. The Hall–Kier alpha value is -3.49. The van der Waals surface area contributed by atoms with Crippen LogP contribution in [0.1, 0.15) is 5.69 Å². The number of carbonyl (C=O) groups excluding carboxylic acids is 1. The van der Waals surface area contributed by atoms with E-state index in [0.717, 1.165) is 5.69 Å². The van der Waals surface area contributed by atoms with E-state index >= 15 is 0 Å². The van der Waals surface area contributed by atoms with E-state index in [9.17, 15) is 9.18 Å². The van der Waals surface area contributed by atoms with Crippen molar-refractivity contribution in [3.63, 3.8) is 0 Å². The van der Waals surface area contributed by atoms with E-state index < -0.39 is 18.0 Å². The number of aliphatic hydroxyl groups excluding tert-OH is 1. The summed E-state index contributed by atoms with van der Waals surface area (Å²) in [5.74, 6) is -0.495. The maximum atomic E-state index is 14.7. The molecule has 1 aliphatic rings. The van der Waals surface area contributed by atoms with E-state index in [1.54, 1.807) is 60.9 Å². The Morgan fingerprint density at radius 3 is 2.71 bits per heavy atom. The number of carbonyl (C=O) groups is 1. The molecule has 1 amide bonds. The highest BCUT2D eigenvalue weighted by atomic mass is 35.5. The average molecular weight is 441 g/mol. The summed E-state index contributed by atoms with van der Waals surface area (Å²) in [6.07, 6.45) is 1.88. The zero-order chi connectivity index (χ0) is 21.8. The summed E-state index contributed by atoms with van der Waals surface area (Å²) < 4.78 is 19.7. The second-order valence-corrected chi connectivity index (χ2v) is 7.25. The lowest BCUT2D eigenvalue weighted by Gasteiger charge is -2.14. The van der Waals surface area contributed by atoms with Gasteiger partial charge in [0.1, 0.15) is 11.9 Å². The van der Waals surface area contributed by atoms with Crippen LogP contribution in [0.4, 0.5) is 20.6 Å². The summed E-state index contributed by atoms with van der Waals surface area (Å²) in [7, 11) is 0. The fourth-order valence-electron chi connectivity index (χ4n) is 3.07. The summed E-state index contributed by atoms with van der Waals surface area (Å²) in [6.45, 7) is -0.104. The van der Waals surface area contributed by atoms with Crippen LogP contribution in [0.15, 0.2) is 65.9 Å². The van der Waals surface area contributed by atoms with E-state index in [4.69, 9.17) is 21.4 Å². The maximum Gasteiger partial charge on any atom is 0.414 e. The van der Waals surface area contributed by atoms with Gasteiger partial charge >= 0.3 is 6.09 Å². The van der Waals surface area contributed by atoms with Gasteiger partial charge in [-0.15, -0.1) is 0 Å². The molecule has 2 heterocycles. The summed E-state index contributed by atoms with van der Waals surface area (Å²) in [5.41, 5.74) is 5.56. The number of halogens is 2. The van der Waals surface area contributed by atoms with Gasteiger partial charge in [-0.2, -0.15) is 5.10 Å². The number of hydrogen-bond acceptors (Lipinski definition) is 6. The Labute approximate surface area is 182 Å². The van der Waals surface area contributed by atoms with Gasteiger partial charge in [0, 0.05) is 22.3 Å². The summed E-state index contributed by atoms with van der Waals surface area (Å²) >= 11 is 5.84. The first-order chi connectivity index (χ1) is 15.0. The Balaban J connectivity index is 1.44. The summed E-state index contributed by atoms with van der Waals surface area (Å²) in [5, 5.41) is 13.9. The number of cyclic esters (lactones) is 1. The van der Waals surface area contributed by atoms with E-state index in [2.05, 4.69) is 15.5 Å². The zero-order valence-corrected chi connectivity index (χ0v) is 17.0. The van der Waals surface area contributed by atoms with E-state index in [0.29, 0.717) is 27.5 Å². The monoisotopic (exact) mass is 440 g/mol. The van der Waals surface area contributed by atoms with Crippen LogP contribution in [0, 0.1) is 5.82 Å². The lowest BCUT2D eigenvalue weighted by atomic mass is 10.1. The molecule has 9 heteroatoms. The van der Waals surface area contributed by atoms with E-state index in [1.807, 2.05) is 0 Å². The largest absolute Gasteiger partial charge is 0.441 e. The number of rotatable bonds is 6. The van der Waals surface area contributed by atoms with Gasteiger partial charge in [0.2, 0.25) is 0 Å². The number of aliphatic hydroxyl groups is 1. The highest BCUT2D eigenvalue weighted by molar-refractivity contribution is 6.30. The number of anilines is 2. The second kappa shape index (κ2) is 9.11. The van der Waals surface area contributed by atoms with Crippen LogP contribution in [0.5, 0.6) is 0 Å². The molecule has 1 aromatic heterocycles. The molecule has 1 saturated heterocycles. The molecular weight excluding hydrogens is 423 g/mol. The first-order valence-electron chi connectivity index (χ1n) is 9.43. The minimum absolute atomic E-state index is 0.174. The number of pyridine rings is 1. The third kappa shape index (κ3) is 4.82. The molecule has 158 valence electrons. The van der Waals surface area contributed by atoms with Gasteiger partial charge in [0.15, 0.2) is 0 Å². The molecule has 1 atom stereocenters. The normalized spacial score (nSPS) is 16.0. The molecule has 2 N–H and O–H groups in total. The fourth-order valence-corrected chi connectivity index (χ4v) is 3.20. The number of benzene rings is 2. The zero-order valence-electron chi connectivity index (χ0n) is 16.2. The van der Waals surface area contributed by atoms with Crippen LogP contribution in [-0.2, 0) is 4.74 Å². The SMILES string of the molecule is O=C1O[C@@H](CO)CN1c1ccc(-c2ccc(/C=N/Nc3ccc(Cl)cc3)nc2)c(F)c1. The summed E-state index contributed by atoms with van der Waals surface area (Å²) in [6, 6.07) is 15.0. The standard InChI is InChI=1S/C22H18ClFN4O3/c23-15-2-5-16(6-3-15)27-26-11-17-4-1-14(10-25-17)20-8-7-18(9-21(20)24)28-12-19(13-29)31-22(28)30/h1-11,19,27,29H,12-13H2/b26-11+/t19-/m1/s1. The van der Waals surface area contributed by atoms with E-state index in [-0.39, 0.29) is 13.2 Å². The molecule has 1 aliphatic heterocycles. The molecular formula is C22H18ClFN4O3. The van der Waals surface area contributed by atoms with Gasteiger partial charge in [-0.3, -0.25) is 15.3 Å². The number of nitrogens with one attached hydrogen (secondary N) is 1. The fraction of sp³-hybridized carbons (Fsp3) is 0.136. The number of aromatic nitrogens is 1. The van der Waals surface area contributed by atoms with Crippen LogP contribution >= 0.6 is 11.6 Å². The highest BCUT2D eigenvalue weighted by Gasteiger charge is 2.32. The van der Waals surface area contributed by atoms with Crippen LogP contribution in [0.3, 0.4) is 0 Å². The topological polar surface area (TPSA) is 87.0 Å². The Bertz CT molecular complexity index is 1110. The Morgan fingerprint density at radius 2 is 2.06 bits per heavy atom. The van der Waals surface area contributed by atoms with Gasteiger partial charge < -0.3 is 9.84 Å². The molecule has 0 saturated carbocycles. The van der Waals surface area contributed by atoms with Crippen LogP contribution in [0.2, 0.25) is 5.02 Å². The van der Waals surface area contributed by atoms with Gasteiger partial charge in [0.25, 0.3) is 0 Å². The number of ether oxygens (including phenoxy) is 1. The van der Waals surface area contributed by atoms with Crippen molar-refractivity contribution in [3.05, 3.63) is 77.3 Å². The third-order valence-corrected chi connectivity index (χ3v) is 4.93. The van der Waals surface area contributed by atoms with Gasteiger partial charge in [-0.25, -0.2) is 9.18 Å². The number of amides is 1. The molecule has 7 nitrogen and oxygen atoms in total. The minimum Gasteiger partial charge on any atom is -0.441 e. The first kappa shape index (κ1) is 20.8. The minimum atomic E-state index is -0.608. The van der Waals surface area contributed by atoms with Gasteiger partial charge in [-0.05, 0) is 48.5 Å². The molecule has 31 heavy (non-hydrogen) atoms. The molecule has 0 spiro atoms. The molecule has 1 fully saturated rings. The quantitative estimate of drug-likeness (QED) is 0.440. The molecule has 0 bridgehead atoms. The van der Waals surface area contributed by atoms with Gasteiger partial charge in [-0.1, -0.05) is 17.7 Å². The number of hydrazone groups is 1. The van der Waals surface area contributed by atoms with Crippen molar-refractivity contribution in [2.24, 2.45) is 5.10 Å². The highest BCUT2D eigenvalue weighted by Crippen LogP contribution is 2.28. The van der Waals surface area contributed by atoms with Crippen LogP contribution in [0.25, 0.3) is 11.1 Å². The predicted octanol–water partition coefficient (Wildman–Crippen LogP) is 4.30. The lowest BCUT2D eigenvalue weighted by molar-refractivity contribution is 0.0963. The maximum absolute atomic E-state index is 14.7. The number of nitrogens with zero attached hydrogens (tertiary/aromatic N) is 3. The smallest absolute Gasteiger partial charge is 0.414 e. The van der Waals surface area contributed by atoms with Crippen LogP contribution < -0.4 is 10.3 Å². The van der Waals surface area contributed by atoms with Crippen molar-refractivity contribution in [2.75, 3.05) is 23.5 Å². The average Bonchev–Trinajstić information content (AvgIpc) is 3.16. The molecule has 3 aromatic rings. The Kier molecular flexibility index (Phi) is 6.11. The van der Waals surface area contributed by atoms with Crippen molar-refractivity contribution in [2.45, 2.75) is 6.10 Å². The van der Waals surface area contributed by atoms with Crippen molar-refractivity contribution in [3.8, 4) is 11.1 Å². The molecule has 4 rings (SSSR count). The van der Waals surface area contributed by atoms with Crippen molar-refractivity contribution >= 4 is 35.3 Å². The molecule has 0 radical (unpaired) electrons. The molecule has 2 aromatic carbocycles. The van der Waals surface area contributed by atoms with E-state index in [1.165, 1.54) is 11.0 Å². The van der Waals surface area contributed by atoms with Crippen molar-refractivity contribution in [1.82, 2.24) is 4.98 Å². The summed E-state index contributed by atoms with van der Waals surface area (Å²) in [4.78, 5) is 17.5. The van der Waals surface area contributed by atoms with Crippen molar-refractivity contribution in [1.29, 1.82) is 0 Å². The predicted molar refractivity (Wildman–Crippen MR) is 117 cm³/mol.